The number of piperidine rings is 1. The van der Waals surface area contributed by atoms with Gasteiger partial charge >= 0.3 is 12.1 Å². The molecule has 0 amide bonds. The fraction of sp³-hybridized carbons (Fsp3) is 0.788. The average Bonchev–Trinajstić information content (AvgIpc) is 3.59. The maximum Gasteiger partial charge on any atom is 0.419 e. The Labute approximate surface area is 260 Å². The van der Waals surface area contributed by atoms with Crippen LogP contribution in [0, 0.1) is 40.3 Å². The molecule has 13 atom stereocenters. The van der Waals surface area contributed by atoms with Crippen LogP contribution in [0.25, 0.3) is 0 Å². The van der Waals surface area contributed by atoms with E-state index in [0.29, 0.717) is 18.6 Å². The molecule has 12 heteroatoms. The minimum Gasteiger partial charge on any atom is -0.455 e. The van der Waals surface area contributed by atoms with Gasteiger partial charge in [-0.25, -0.2) is 9.18 Å². The second-order valence-electron chi connectivity index (χ2n) is 14.7. The lowest BCUT2D eigenvalue weighted by atomic mass is 9.43. The first kappa shape index (κ1) is 30.5. The van der Waals surface area contributed by atoms with Crippen LogP contribution in [0.15, 0.2) is 18.2 Å². The van der Waals surface area contributed by atoms with Gasteiger partial charge in [0.05, 0.1) is 35.5 Å². The number of fused-ring (bicyclic) bond motifs is 1. The number of likely N-dealkylation sites (tertiary alicyclic amines) is 1. The molecule has 0 aromatic heterocycles. The Morgan fingerprint density at radius 1 is 1.13 bits per heavy atom. The number of likely N-dealkylation sites (N-methyl/N-ethyl adjacent to an activating group) is 1. The molecule has 2 heterocycles. The second kappa shape index (κ2) is 9.63. The zero-order chi connectivity index (χ0) is 31.9. The molecule has 7 bridgehead atoms. The lowest BCUT2D eigenvalue weighted by Gasteiger charge is -2.69. The van der Waals surface area contributed by atoms with E-state index >= 15 is 0 Å². The van der Waals surface area contributed by atoms with Crippen LogP contribution in [0.1, 0.15) is 55.5 Å². The summed E-state index contributed by atoms with van der Waals surface area (Å²) in [6.07, 6.45) is -3.19. The SMILES string of the molecule is CCN1C[C@]2(C)CC[C@H](OC)[C@@]34[C@@H]5C[C@H]6[C@H](OC)[C@@H]5[C@@]5(C[C@@H]6OC)OCO[C@@]5([C@@H](OC(=O)c5ccc(C(F)(F)F)c(F)c5)[C@H]23)[C@@H]14. The molecular formula is C33H41F4NO7. The van der Waals surface area contributed by atoms with Crippen molar-refractivity contribution in [2.24, 2.45) is 34.5 Å². The van der Waals surface area contributed by atoms with Crippen molar-refractivity contribution in [1.82, 2.24) is 4.90 Å². The third kappa shape index (κ3) is 3.37. The van der Waals surface area contributed by atoms with Crippen molar-refractivity contribution in [2.75, 3.05) is 41.2 Å². The maximum absolute atomic E-state index is 14.7. The fourth-order valence-corrected chi connectivity index (χ4v) is 12.6. The number of carbonyl (C=O) groups is 1. The van der Waals surface area contributed by atoms with Gasteiger partial charge in [-0.3, -0.25) is 4.90 Å². The highest BCUT2D eigenvalue weighted by Gasteiger charge is 2.94. The summed E-state index contributed by atoms with van der Waals surface area (Å²) in [6, 6.07) is 1.98. The zero-order valence-corrected chi connectivity index (χ0v) is 26.2. The molecule has 45 heavy (non-hydrogen) atoms. The average molecular weight is 640 g/mol. The lowest BCUT2D eigenvalue weighted by molar-refractivity contribution is -0.282. The number of nitrogens with zero attached hydrogens (tertiary/aromatic N) is 1. The molecule has 0 radical (unpaired) electrons. The minimum absolute atomic E-state index is 0.00503. The van der Waals surface area contributed by atoms with Gasteiger partial charge < -0.3 is 28.4 Å². The summed E-state index contributed by atoms with van der Waals surface area (Å²) in [6.45, 7) is 5.89. The van der Waals surface area contributed by atoms with Gasteiger partial charge in [0.25, 0.3) is 0 Å². The molecule has 7 aliphatic rings. The Hall–Kier alpha value is -1.83. The number of alkyl halides is 3. The van der Waals surface area contributed by atoms with E-state index in [1.807, 2.05) is 0 Å². The first-order valence-corrected chi connectivity index (χ1v) is 16.1. The van der Waals surface area contributed by atoms with Gasteiger partial charge in [-0.1, -0.05) is 13.8 Å². The van der Waals surface area contributed by atoms with Gasteiger partial charge in [0.2, 0.25) is 0 Å². The molecule has 5 aliphatic carbocycles. The van der Waals surface area contributed by atoms with Crippen molar-refractivity contribution in [3.63, 3.8) is 0 Å². The van der Waals surface area contributed by atoms with E-state index in [4.69, 9.17) is 28.4 Å². The molecular weight excluding hydrogens is 598 g/mol. The molecule has 1 aromatic carbocycles. The highest BCUT2D eigenvalue weighted by Crippen LogP contribution is 2.82. The Morgan fingerprint density at radius 2 is 1.91 bits per heavy atom. The van der Waals surface area contributed by atoms with E-state index in [9.17, 15) is 22.4 Å². The van der Waals surface area contributed by atoms with Crippen LogP contribution in [0.5, 0.6) is 0 Å². The van der Waals surface area contributed by atoms with Gasteiger partial charge in [0, 0.05) is 57.5 Å². The number of hydrogen-bond donors (Lipinski definition) is 0. The van der Waals surface area contributed by atoms with Crippen molar-refractivity contribution in [3.8, 4) is 0 Å². The normalized spacial score (nSPS) is 49.2. The molecule has 2 saturated heterocycles. The summed E-state index contributed by atoms with van der Waals surface area (Å²) in [5.41, 5.74) is -4.57. The number of ether oxygens (including phenoxy) is 6. The van der Waals surface area contributed by atoms with Crippen molar-refractivity contribution in [3.05, 3.63) is 35.1 Å². The molecule has 8 nitrogen and oxygen atoms in total. The van der Waals surface area contributed by atoms with Crippen molar-refractivity contribution < 1.29 is 50.8 Å². The van der Waals surface area contributed by atoms with Crippen LogP contribution in [0.3, 0.4) is 0 Å². The number of hydrogen-bond acceptors (Lipinski definition) is 8. The van der Waals surface area contributed by atoms with Gasteiger partial charge in [-0.15, -0.1) is 0 Å². The number of rotatable bonds is 6. The van der Waals surface area contributed by atoms with E-state index in [2.05, 4.69) is 18.7 Å². The smallest absolute Gasteiger partial charge is 0.419 e. The standard InChI is InChI=1S/C33H41F4NO7/c1-6-38-14-29(2)10-9-22(41-4)31-19-12-17-21(40-3)13-30(23(19)24(17)42-5)32(28(31)38,44-15-43-30)26(25(29)31)45-27(39)16-7-8-18(20(34)11-16)33(35,36)37/h7-8,11,17,19,21-26,28H,6,9-10,12-15H2,1-5H3/t17-,19-,21+,22+,23-,24+,25-,26+,28+,29+,30-,31+,32+/m1/s1. The Bertz CT molecular complexity index is 1410. The summed E-state index contributed by atoms with van der Waals surface area (Å²) in [5.74, 6) is -2.45. The van der Waals surface area contributed by atoms with Gasteiger partial charge in [-0.05, 0) is 55.3 Å². The highest BCUT2D eigenvalue weighted by atomic mass is 19.4. The van der Waals surface area contributed by atoms with Crippen LogP contribution in [0.4, 0.5) is 17.6 Å². The van der Waals surface area contributed by atoms with Crippen molar-refractivity contribution in [1.29, 1.82) is 0 Å². The molecule has 2 aliphatic heterocycles. The molecule has 5 saturated carbocycles. The number of methoxy groups -OCH3 is 3. The topological polar surface area (TPSA) is 75.7 Å². The number of esters is 1. The number of halogens is 4. The van der Waals surface area contributed by atoms with Crippen molar-refractivity contribution >= 4 is 5.97 Å². The number of benzene rings is 1. The Morgan fingerprint density at radius 3 is 2.56 bits per heavy atom. The molecule has 8 rings (SSSR count). The quantitative estimate of drug-likeness (QED) is 0.328. The van der Waals surface area contributed by atoms with E-state index in [0.717, 1.165) is 38.4 Å². The lowest BCUT2D eigenvalue weighted by Crippen LogP contribution is -2.81. The van der Waals surface area contributed by atoms with Crippen molar-refractivity contribution in [2.45, 2.75) is 87.4 Å². The predicted molar refractivity (Wildman–Crippen MR) is 149 cm³/mol. The predicted octanol–water partition coefficient (Wildman–Crippen LogP) is 4.69. The third-order valence-electron chi connectivity index (χ3n) is 13.5. The monoisotopic (exact) mass is 639 g/mol. The zero-order valence-electron chi connectivity index (χ0n) is 26.2. The molecule has 1 aromatic rings. The van der Waals surface area contributed by atoms with Gasteiger partial charge in [-0.2, -0.15) is 13.2 Å². The Kier molecular flexibility index (Phi) is 6.52. The summed E-state index contributed by atoms with van der Waals surface area (Å²) in [4.78, 5) is 16.5. The largest absolute Gasteiger partial charge is 0.455 e. The maximum atomic E-state index is 14.7. The summed E-state index contributed by atoms with van der Waals surface area (Å²) < 4.78 is 94.1. The molecule has 248 valence electrons. The van der Waals surface area contributed by atoms with Crippen LogP contribution >= 0.6 is 0 Å². The van der Waals surface area contributed by atoms with Gasteiger partial charge in [0.1, 0.15) is 24.3 Å². The van der Waals surface area contributed by atoms with Crippen LogP contribution in [-0.4, -0.2) is 93.7 Å². The Balaban J connectivity index is 1.35. The molecule has 0 unspecified atom stereocenters. The third-order valence-corrected chi connectivity index (χ3v) is 13.5. The highest BCUT2D eigenvalue weighted by molar-refractivity contribution is 5.89. The van der Waals surface area contributed by atoms with E-state index in [1.54, 1.807) is 21.3 Å². The summed E-state index contributed by atoms with van der Waals surface area (Å²) in [7, 11) is 5.20. The molecule has 3 spiro atoms. The van der Waals surface area contributed by atoms with Crippen LogP contribution in [0.2, 0.25) is 0 Å². The van der Waals surface area contributed by atoms with Gasteiger partial charge in [0.15, 0.2) is 5.60 Å². The van der Waals surface area contributed by atoms with E-state index in [-0.39, 0.29) is 65.8 Å². The molecule has 7 fully saturated rings. The fourth-order valence-electron chi connectivity index (χ4n) is 12.6. The first-order chi connectivity index (χ1) is 21.4. The van der Waals surface area contributed by atoms with Crippen LogP contribution in [-0.2, 0) is 34.6 Å². The molecule has 0 N–H and O–H groups in total. The van der Waals surface area contributed by atoms with E-state index in [1.165, 1.54) is 0 Å². The number of carbonyl (C=O) groups excluding carboxylic acids is 1. The minimum atomic E-state index is -4.89. The second-order valence-corrected chi connectivity index (χ2v) is 14.7. The summed E-state index contributed by atoms with van der Waals surface area (Å²) in [5, 5.41) is 0. The van der Waals surface area contributed by atoms with E-state index < -0.39 is 46.2 Å². The summed E-state index contributed by atoms with van der Waals surface area (Å²) >= 11 is 0. The van der Waals surface area contributed by atoms with Crippen LogP contribution < -0.4 is 0 Å². The first-order valence-electron chi connectivity index (χ1n) is 16.1.